The van der Waals surface area contributed by atoms with Crippen LogP contribution < -0.4 is 5.32 Å². The highest BCUT2D eigenvalue weighted by molar-refractivity contribution is 7.98. The highest BCUT2D eigenvalue weighted by Crippen LogP contribution is 2.20. The molecule has 1 aromatic heterocycles. The second-order valence-electron chi connectivity index (χ2n) is 3.87. The fraction of sp³-hybridized carbons (Fsp3) is 0.545. The highest BCUT2D eigenvalue weighted by atomic mass is 35.5. The number of rotatable bonds is 2. The first-order valence-corrected chi connectivity index (χ1v) is 6.60. The molecule has 2 heterocycles. The van der Waals surface area contributed by atoms with Crippen molar-refractivity contribution in [3.8, 4) is 0 Å². The Morgan fingerprint density at radius 3 is 2.94 bits per heavy atom. The van der Waals surface area contributed by atoms with Gasteiger partial charge in [0.15, 0.2) is 10.9 Å². The van der Waals surface area contributed by atoms with Crippen molar-refractivity contribution in [3.63, 3.8) is 0 Å². The molecule has 0 saturated carbocycles. The first-order valence-electron chi connectivity index (χ1n) is 5.38. The number of nitrogens with one attached hydrogen (secondary N) is 1. The van der Waals surface area contributed by atoms with Gasteiger partial charge in [-0.1, -0.05) is 11.8 Å². The van der Waals surface area contributed by atoms with Crippen molar-refractivity contribution in [2.24, 2.45) is 0 Å². The van der Waals surface area contributed by atoms with Gasteiger partial charge in [0.2, 0.25) is 0 Å². The van der Waals surface area contributed by atoms with Gasteiger partial charge < -0.3 is 14.6 Å². The lowest BCUT2D eigenvalue weighted by atomic mass is 10.2. The average Bonchev–Trinajstić information content (AvgIpc) is 2.77. The predicted molar refractivity (Wildman–Crippen MR) is 71.1 cm³/mol. The van der Waals surface area contributed by atoms with Crippen LogP contribution in [0, 0.1) is 0 Å². The molecule has 0 spiro atoms. The van der Waals surface area contributed by atoms with Gasteiger partial charge in [0.05, 0.1) is 0 Å². The van der Waals surface area contributed by atoms with Crippen molar-refractivity contribution in [1.29, 1.82) is 0 Å². The molecular formula is C11H17ClN2O2S. The molecule has 6 heteroatoms. The number of furan rings is 1. The zero-order valence-corrected chi connectivity index (χ0v) is 11.6. The molecule has 1 amide bonds. The summed E-state index contributed by atoms with van der Waals surface area (Å²) in [4.78, 5) is 14.0. The van der Waals surface area contributed by atoms with E-state index in [1.807, 2.05) is 24.1 Å². The van der Waals surface area contributed by atoms with Gasteiger partial charge >= 0.3 is 0 Å². The molecule has 1 fully saturated rings. The number of carbonyl (C=O) groups excluding carboxylic acids is 1. The number of carbonyl (C=O) groups is 1. The van der Waals surface area contributed by atoms with Crippen LogP contribution in [0.15, 0.2) is 21.6 Å². The Morgan fingerprint density at radius 1 is 1.59 bits per heavy atom. The van der Waals surface area contributed by atoms with Crippen LogP contribution in [0.1, 0.15) is 17.5 Å². The zero-order valence-electron chi connectivity index (χ0n) is 9.93. The topological polar surface area (TPSA) is 45.5 Å². The molecule has 1 unspecified atom stereocenters. The van der Waals surface area contributed by atoms with E-state index in [9.17, 15) is 4.79 Å². The summed E-state index contributed by atoms with van der Waals surface area (Å²) in [7, 11) is 0. The van der Waals surface area contributed by atoms with E-state index in [4.69, 9.17) is 4.42 Å². The molecule has 1 aromatic rings. The lowest BCUT2D eigenvalue weighted by molar-refractivity contribution is 0.0618. The number of hydrogen-bond acceptors (Lipinski definition) is 4. The van der Waals surface area contributed by atoms with Crippen LogP contribution in [-0.4, -0.2) is 42.7 Å². The minimum atomic E-state index is -0.00528. The fourth-order valence-corrected chi connectivity index (χ4v) is 2.21. The van der Waals surface area contributed by atoms with Gasteiger partial charge in [0.25, 0.3) is 5.91 Å². The largest absolute Gasteiger partial charge is 0.445 e. The predicted octanol–water partition coefficient (Wildman–Crippen LogP) is 1.86. The Hall–Kier alpha value is -0.650. The molecule has 1 N–H and O–H groups in total. The van der Waals surface area contributed by atoms with E-state index < -0.39 is 0 Å². The van der Waals surface area contributed by atoms with Gasteiger partial charge in [-0.05, 0) is 25.3 Å². The lowest BCUT2D eigenvalue weighted by Gasteiger charge is -2.33. The van der Waals surface area contributed by atoms with Gasteiger partial charge in [-0.2, -0.15) is 0 Å². The monoisotopic (exact) mass is 276 g/mol. The molecule has 96 valence electrons. The van der Waals surface area contributed by atoms with E-state index in [-0.39, 0.29) is 24.4 Å². The SMILES string of the molecule is CSc1ccc(C(=O)N2CCNCC2C)o1.Cl. The molecule has 17 heavy (non-hydrogen) atoms. The van der Waals surface area contributed by atoms with Crippen molar-refractivity contribution in [2.75, 3.05) is 25.9 Å². The van der Waals surface area contributed by atoms with Crippen LogP contribution in [0.4, 0.5) is 0 Å². The maximum absolute atomic E-state index is 12.1. The molecule has 0 bridgehead atoms. The number of amides is 1. The molecular weight excluding hydrogens is 260 g/mol. The maximum atomic E-state index is 12.1. The summed E-state index contributed by atoms with van der Waals surface area (Å²) in [5.74, 6) is 0.437. The minimum Gasteiger partial charge on any atom is -0.445 e. The fourth-order valence-electron chi connectivity index (χ4n) is 1.83. The van der Waals surface area contributed by atoms with Crippen molar-refractivity contribution in [2.45, 2.75) is 18.1 Å². The molecule has 0 aromatic carbocycles. The smallest absolute Gasteiger partial charge is 0.289 e. The van der Waals surface area contributed by atoms with Crippen molar-refractivity contribution in [1.82, 2.24) is 10.2 Å². The Morgan fingerprint density at radius 2 is 2.35 bits per heavy atom. The van der Waals surface area contributed by atoms with E-state index in [0.717, 1.165) is 24.7 Å². The third kappa shape index (κ3) is 3.18. The van der Waals surface area contributed by atoms with Crippen LogP contribution >= 0.6 is 24.2 Å². The summed E-state index contributed by atoms with van der Waals surface area (Å²) in [6.45, 7) is 4.49. The van der Waals surface area contributed by atoms with Crippen molar-refractivity contribution < 1.29 is 9.21 Å². The van der Waals surface area contributed by atoms with E-state index >= 15 is 0 Å². The Balaban J connectivity index is 0.00000144. The Bertz CT molecular complexity index is 383. The van der Waals surface area contributed by atoms with Crippen LogP contribution in [0.2, 0.25) is 0 Å². The minimum absolute atomic E-state index is 0. The second-order valence-corrected chi connectivity index (χ2v) is 4.69. The van der Waals surface area contributed by atoms with E-state index in [2.05, 4.69) is 5.32 Å². The van der Waals surface area contributed by atoms with Gasteiger partial charge in [0.1, 0.15) is 0 Å². The van der Waals surface area contributed by atoms with Crippen LogP contribution in [0.5, 0.6) is 0 Å². The second kappa shape index (κ2) is 6.33. The third-order valence-electron chi connectivity index (χ3n) is 2.76. The standard InChI is InChI=1S/C11H16N2O2S.ClH/c1-8-7-12-5-6-13(8)11(14)9-3-4-10(15-9)16-2;/h3-4,8,12H,5-7H2,1-2H3;1H. The molecule has 1 aliphatic rings. The van der Waals surface area contributed by atoms with Crippen LogP contribution in [-0.2, 0) is 0 Å². The number of thioether (sulfide) groups is 1. The summed E-state index contributed by atoms with van der Waals surface area (Å²) in [6, 6.07) is 3.82. The van der Waals surface area contributed by atoms with E-state index in [0.29, 0.717) is 5.76 Å². The number of hydrogen-bond donors (Lipinski definition) is 1. The average molecular weight is 277 g/mol. The van der Waals surface area contributed by atoms with E-state index in [1.165, 1.54) is 11.8 Å². The normalized spacial score (nSPS) is 19.9. The number of halogens is 1. The summed E-state index contributed by atoms with van der Waals surface area (Å²) < 4.78 is 5.45. The van der Waals surface area contributed by atoms with E-state index in [1.54, 1.807) is 6.07 Å². The first kappa shape index (κ1) is 14.4. The zero-order chi connectivity index (χ0) is 11.5. The Labute approximate surface area is 112 Å². The van der Waals surface area contributed by atoms with Gasteiger partial charge in [-0.25, -0.2) is 0 Å². The molecule has 2 rings (SSSR count). The summed E-state index contributed by atoms with van der Waals surface area (Å²) in [6.07, 6.45) is 1.93. The quantitative estimate of drug-likeness (QED) is 0.838. The molecule has 1 saturated heterocycles. The molecule has 0 radical (unpaired) electrons. The highest BCUT2D eigenvalue weighted by Gasteiger charge is 2.25. The number of nitrogens with zero attached hydrogens (tertiary/aromatic N) is 1. The first-order chi connectivity index (χ1) is 7.72. The van der Waals surface area contributed by atoms with Gasteiger partial charge in [-0.3, -0.25) is 4.79 Å². The summed E-state index contributed by atoms with van der Waals surface area (Å²) in [5, 5.41) is 4.04. The molecule has 1 aliphatic heterocycles. The maximum Gasteiger partial charge on any atom is 0.289 e. The third-order valence-corrected chi connectivity index (χ3v) is 3.38. The molecule has 1 atom stereocenters. The molecule has 4 nitrogen and oxygen atoms in total. The van der Waals surface area contributed by atoms with Crippen molar-refractivity contribution >= 4 is 30.1 Å². The molecule has 0 aliphatic carbocycles. The summed E-state index contributed by atoms with van der Waals surface area (Å²) >= 11 is 1.50. The van der Waals surface area contributed by atoms with Crippen LogP contribution in [0.25, 0.3) is 0 Å². The lowest BCUT2D eigenvalue weighted by Crippen LogP contribution is -2.52. The van der Waals surface area contributed by atoms with Gasteiger partial charge in [-0.15, -0.1) is 12.4 Å². The van der Waals surface area contributed by atoms with Crippen LogP contribution in [0.3, 0.4) is 0 Å². The summed E-state index contributed by atoms with van der Waals surface area (Å²) in [5.41, 5.74) is 0. The van der Waals surface area contributed by atoms with Gasteiger partial charge in [0, 0.05) is 25.7 Å². The number of piperazine rings is 1. The Kier molecular flexibility index (Phi) is 5.36. The van der Waals surface area contributed by atoms with Crippen molar-refractivity contribution in [3.05, 3.63) is 17.9 Å².